The van der Waals surface area contributed by atoms with Crippen molar-refractivity contribution in [2.24, 2.45) is 11.3 Å². The molecule has 0 saturated carbocycles. The fourth-order valence-electron chi connectivity index (χ4n) is 7.18. The minimum absolute atomic E-state index is 0.0228. The molecule has 8 heteroatoms. The van der Waals surface area contributed by atoms with Crippen molar-refractivity contribution in [3.05, 3.63) is 130 Å². The van der Waals surface area contributed by atoms with Gasteiger partial charge in [-0.15, -0.1) is 0 Å². The number of benzene rings is 4. The van der Waals surface area contributed by atoms with Crippen molar-refractivity contribution in [1.29, 1.82) is 0 Å². The second-order valence-electron chi connectivity index (χ2n) is 11.0. The molecule has 1 heterocycles. The molecule has 0 unspecified atom stereocenters. The van der Waals surface area contributed by atoms with E-state index in [0.29, 0.717) is 0 Å². The van der Waals surface area contributed by atoms with Crippen LogP contribution >= 0.6 is 0 Å². The molecule has 4 aromatic carbocycles. The number of carbonyl (C=O) groups is 3. The zero-order valence-corrected chi connectivity index (χ0v) is 21.8. The molecule has 2 bridgehead atoms. The minimum atomic E-state index is -4.65. The zero-order valence-electron chi connectivity index (χ0n) is 21.8. The van der Waals surface area contributed by atoms with Crippen LogP contribution in [0.3, 0.4) is 0 Å². The van der Waals surface area contributed by atoms with E-state index in [-0.39, 0.29) is 40.6 Å². The predicted molar refractivity (Wildman–Crippen MR) is 146 cm³/mol. The molecule has 1 N–H and O–H groups in total. The third-order valence-corrected chi connectivity index (χ3v) is 8.86. The normalized spacial score (nSPS) is 24.1. The van der Waals surface area contributed by atoms with Gasteiger partial charge in [0.05, 0.1) is 28.3 Å². The third kappa shape index (κ3) is 3.46. The molecule has 0 spiro atoms. The number of imide groups is 1. The van der Waals surface area contributed by atoms with Gasteiger partial charge >= 0.3 is 6.18 Å². The highest BCUT2D eigenvalue weighted by atomic mass is 19.4. The van der Waals surface area contributed by atoms with Crippen LogP contribution in [-0.2, 0) is 15.8 Å². The summed E-state index contributed by atoms with van der Waals surface area (Å²) in [5.74, 6) is -2.75. The van der Waals surface area contributed by atoms with Crippen LogP contribution in [0.25, 0.3) is 0 Å². The van der Waals surface area contributed by atoms with Crippen LogP contribution in [0.15, 0.2) is 97.1 Å². The van der Waals surface area contributed by atoms with Crippen molar-refractivity contribution in [2.45, 2.75) is 24.9 Å². The molecule has 3 amide bonds. The van der Waals surface area contributed by atoms with Crippen molar-refractivity contribution in [1.82, 2.24) is 0 Å². The summed E-state index contributed by atoms with van der Waals surface area (Å²) in [7, 11) is 0. The summed E-state index contributed by atoms with van der Waals surface area (Å²) in [5, 5.41) is 2.33. The fraction of sp³-hybridized carbons (Fsp3) is 0.182. The van der Waals surface area contributed by atoms with Gasteiger partial charge in [0.25, 0.3) is 5.91 Å². The highest BCUT2D eigenvalue weighted by Crippen LogP contribution is 2.67. The van der Waals surface area contributed by atoms with Crippen LogP contribution in [0.2, 0.25) is 0 Å². The molecule has 1 aliphatic heterocycles. The maximum absolute atomic E-state index is 14.3. The summed E-state index contributed by atoms with van der Waals surface area (Å²) in [6.07, 6.45) is -4.65. The summed E-state index contributed by atoms with van der Waals surface area (Å²) in [5.41, 5.74) is 1.99. The Morgan fingerprint density at radius 2 is 1.39 bits per heavy atom. The number of nitrogens with zero attached hydrogens (tertiary/aromatic N) is 1. The van der Waals surface area contributed by atoms with Gasteiger partial charge in [0.15, 0.2) is 0 Å². The van der Waals surface area contributed by atoms with Gasteiger partial charge in [-0.3, -0.25) is 14.4 Å². The number of alkyl halides is 3. The van der Waals surface area contributed by atoms with E-state index >= 15 is 0 Å². The molecular formula is C33H23F3N2O3. The molecule has 4 aromatic rings. The Bertz CT molecular complexity index is 1730. The van der Waals surface area contributed by atoms with Crippen LogP contribution in [0.5, 0.6) is 0 Å². The van der Waals surface area contributed by atoms with Gasteiger partial charge in [0.1, 0.15) is 0 Å². The van der Waals surface area contributed by atoms with Crippen LogP contribution in [0.1, 0.15) is 56.9 Å². The molecule has 0 aromatic heterocycles. The van der Waals surface area contributed by atoms with E-state index in [1.54, 1.807) is 6.07 Å². The van der Waals surface area contributed by atoms with Crippen molar-refractivity contribution in [3.63, 3.8) is 0 Å². The lowest BCUT2D eigenvalue weighted by molar-refractivity contribution is -0.137. The smallest absolute Gasteiger partial charge is 0.321 e. The largest absolute Gasteiger partial charge is 0.418 e. The number of carbonyl (C=O) groups excluding carboxylic acids is 3. The van der Waals surface area contributed by atoms with Crippen LogP contribution < -0.4 is 10.2 Å². The van der Waals surface area contributed by atoms with E-state index < -0.39 is 29.0 Å². The Labute approximate surface area is 233 Å². The third-order valence-electron chi connectivity index (χ3n) is 8.86. The number of rotatable bonds is 3. The van der Waals surface area contributed by atoms with Gasteiger partial charge in [0, 0.05) is 17.4 Å². The second kappa shape index (κ2) is 8.64. The van der Waals surface area contributed by atoms with E-state index in [1.807, 2.05) is 55.5 Å². The summed E-state index contributed by atoms with van der Waals surface area (Å²) >= 11 is 0. The Hall–Kier alpha value is -4.72. The lowest BCUT2D eigenvalue weighted by Crippen LogP contribution is -2.49. The molecule has 2 atom stereocenters. The molecule has 1 fully saturated rings. The summed E-state index contributed by atoms with van der Waals surface area (Å²) in [6.45, 7) is 1.85. The van der Waals surface area contributed by atoms with Gasteiger partial charge in [-0.2, -0.15) is 13.2 Å². The first kappa shape index (κ1) is 25.3. The summed E-state index contributed by atoms with van der Waals surface area (Å²) in [4.78, 5) is 42.7. The monoisotopic (exact) mass is 552 g/mol. The molecule has 204 valence electrons. The van der Waals surface area contributed by atoms with Gasteiger partial charge in [-0.1, -0.05) is 66.7 Å². The van der Waals surface area contributed by atoms with Gasteiger partial charge in [0.2, 0.25) is 11.8 Å². The number of nitrogens with one attached hydrogen (secondary N) is 1. The first-order valence-corrected chi connectivity index (χ1v) is 13.3. The van der Waals surface area contributed by atoms with E-state index in [1.165, 1.54) is 36.4 Å². The van der Waals surface area contributed by atoms with Crippen molar-refractivity contribution in [2.75, 3.05) is 10.2 Å². The fourth-order valence-corrected chi connectivity index (χ4v) is 7.18. The maximum Gasteiger partial charge on any atom is 0.418 e. The SMILES string of the molecule is C[C@@]12C(=O)N(c3cccc(C(=O)Nc4ccccc4C(F)(F)F)c3)C(=O)[C@@H]1C1c3ccccc3C2c2ccccc21. The second-order valence-corrected chi connectivity index (χ2v) is 11.0. The summed E-state index contributed by atoms with van der Waals surface area (Å²) < 4.78 is 40.4. The Morgan fingerprint density at radius 1 is 0.805 bits per heavy atom. The lowest BCUT2D eigenvalue weighted by atomic mass is 9.48. The Balaban J connectivity index is 1.27. The molecule has 41 heavy (non-hydrogen) atoms. The van der Waals surface area contributed by atoms with Gasteiger partial charge in [-0.05, 0) is 59.5 Å². The van der Waals surface area contributed by atoms with E-state index in [0.717, 1.165) is 33.2 Å². The zero-order chi connectivity index (χ0) is 28.7. The molecule has 1 saturated heterocycles. The lowest BCUT2D eigenvalue weighted by Gasteiger charge is -2.51. The quantitative estimate of drug-likeness (QED) is 0.286. The predicted octanol–water partition coefficient (Wildman–Crippen LogP) is 6.74. The van der Waals surface area contributed by atoms with Crippen molar-refractivity contribution in [3.8, 4) is 0 Å². The van der Waals surface area contributed by atoms with Crippen LogP contribution in [0.4, 0.5) is 24.5 Å². The standard InChI is InChI=1S/C33H23F3N2O3/c1-32-27-22-13-4-2-11-20(22)26(21-12-3-5-14-23(21)27)28(32)30(40)38(31(32)41)19-10-8-9-18(17-19)29(39)37-25-16-7-6-15-24(25)33(34,35)36/h2-17,26-28H,1H3,(H,37,39)/t26?,27?,28-,32-/m0/s1. The number of anilines is 2. The molecule has 3 aliphatic carbocycles. The Morgan fingerprint density at radius 3 is 2.02 bits per heavy atom. The topological polar surface area (TPSA) is 66.5 Å². The number of amides is 3. The molecule has 4 aliphatic rings. The minimum Gasteiger partial charge on any atom is -0.321 e. The number of hydrogen-bond donors (Lipinski definition) is 1. The van der Waals surface area contributed by atoms with Crippen molar-refractivity contribution >= 4 is 29.1 Å². The molecule has 0 radical (unpaired) electrons. The van der Waals surface area contributed by atoms with E-state index in [4.69, 9.17) is 0 Å². The van der Waals surface area contributed by atoms with E-state index in [2.05, 4.69) is 5.32 Å². The molecule has 5 nitrogen and oxygen atoms in total. The van der Waals surface area contributed by atoms with Crippen molar-refractivity contribution < 1.29 is 27.6 Å². The summed E-state index contributed by atoms with van der Waals surface area (Å²) in [6, 6.07) is 26.5. The number of para-hydroxylation sites is 1. The van der Waals surface area contributed by atoms with Crippen LogP contribution in [-0.4, -0.2) is 17.7 Å². The van der Waals surface area contributed by atoms with E-state index in [9.17, 15) is 27.6 Å². The van der Waals surface area contributed by atoms with Gasteiger partial charge < -0.3 is 5.32 Å². The van der Waals surface area contributed by atoms with Crippen LogP contribution in [0, 0.1) is 11.3 Å². The molecular weight excluding hydrogens is 529 g/mol. The maximum atomic E-state index is 14.3. The first-order chi connectivity index (χ1) is 19.6. The average molecular weight is 553 g/mol. The highest BCUT2D eigenvalue weighted by Gasteiger charge is 2.68. The molecule has 8 rings (SSSR count). The first-order valence-electron chi connectivity index (χ1n) is 13.3. The highest BCUT2D eigenvalue weighted by molar-refractivity contribution is 6.25. The Kier molecular flexibility index (Phi) is 5.32. The number of hydrogen-bond acceptors (Lipinski definition) is 3. The van der Waals surface area contributed by atoms with Gasteiger partial charge in [-0.25, -0.2) is 4.90 Å². The number of halogens is 3. The average Bonchev–Trinajstić information content (AvgIpc) is 3.17.